The Morgan fingerprint density at radius 1 is 1.45 bits per heavy atom. The molecule has 62 valence electrons. The van der Waals surface area contributed by atoms with Crippen molar-refractivity contribution in [2.75, 3.05) is 0 Å². The molecule has 2 aliphatic rings. The largest absolute Gasteiger partial charge is 0.408 e. The molecule has 2 atom stereocenters. The molecule has 11 heavy (non-hydrogen) atoms. The van der Waals surface area contributed by atoms with Crippen LogP contribution in [0.3, 0.4) is 0 Å². The van der Waals surface area contributed by atoms with Gasteiger partial charge in [-0.25, -0.2) is 0 Å². The van der Waals surface area contributed by atoms with Crippen molar-refractivity contribution in [1.82, 2.24) is 0 Å². The second-order valence-electron chi connectivity index (χ2n) is 3.91. The Bertz CT molecular complexity index is 205. The molecule has 0 amide bonds. The Labute approximate surface area is 67.8 Å². The lowest BCUT2D eigenvalue weighted by molar-refractivity contribution is 0.375. The molecule has 0 spiro atoms. The third-order valence-electron chi connectivity index (χ3n) is 2.88. The van der Waals surface area contributed by atoms with E-state index in [1.165, 1.54) is 19.3 Å². The Morgan fingerprint density at radius 2 is 2.18 bits per heavy atom. The van der Waals surface area contributed by atoms with E-state index in [9.17, 15) is 9.59 Å². The summed E-state index contributed by atoms with van der Waals surface area (Å²) in [5, 5.41) is 0.994. The maximum Gasteiger partial charge on any atom is 0.359 e. The molecule has 2 N–H and O–H groups in total. The van der Waals surface area contributed by atoms with Crippen LogP contribution in [0.5, 0.6) is 0 Å². The van der Waals surface area contributed by atoms with Gasteiger partial charge in [-0.05, 0) is 42.8 Å². The zero-order valence-corrected chi connectivity index (χ0v) is 7.75. The van der Waals surface area contributed by atoms with E-state index in [0.717, 1.165) is 5.20 Å². The summed E-state index contributed by atoms with van der Waals surface area (Å²) in [4.78, 5) is 18.9. The normalized spacial score (nSPS) is 36.1. The average Bonchev–Trinajstić information content (AvgIpc) is 2.42. The van der Waals surface area contributed by atoms with Crippen LogP contribution >= 0.6 is 0 Å². The molecule has 2 bridgehead atoms. The summed E-state index contributed by atoms with van der Waals surface area (Å²) in [6, 6.07) is 0. The molecule has 2 rings (SSSR count). The van der Waals surface area contributed by atoms with Crippen LogP contribution in [-0.2, 0) is 0 Å². The third-order valence-corrected chi connectivity index (χ3v) is 4.54. The van der Waals surface area contributed by atoms with Crippen molar-refractivity contribution in [2.24, 2.45) is 11.8 Å². The molecule has 0 aromatic rings. The predicted molar refractivity (Wildman–Crippen MR) is 45.0 cm³/mol. The molecule has 0 aromatic carbocycles. The molecule has 0 heterocycles. The van der Waals surface area contributed by atoms with E-state index >= 15 is 0 Å². The van der Waals surface area contributed by atoms with Gasteiger partial charge < -0.3 is 9.59 Å². The highest BCUT2D eigenvalue weighted by Gasteiger charge is 2.42. The highest BCUT2D eigenvalue weighted by atomic mass is 28.4. The SMILES string of the molecule is C[Si](O)(O)C1=CC2CCC1C2. The molecule has 0 saturated heterocycles. The van der Waals surface area contributed by atoms with Crippen LogP contribution in [0.25, 0.3) is 0 Å². The molecular weight excluding hydrogens is 156 g/mol. The quantitative estimate of drug-likeness (QED) is 0.575. The van der Waals surface area contributed by atoms with Crippen LogP contribution in [0, 0.1) is 11.8 Å². The summed E-state index contributed by atoms with van der Waals surface area (Å²) < 4.78 is 0. The van der Waals surface area contributed by atoms with Gasteiger partial charge in [0.1, 0.15) is 0 Å². The summed E-state index contributed by atoms with van der Waals surface area (Å²) >= 11 is 0. The van der Waals surface area contributed by atoms with Gasteiger partial charge in [-0.3, -0.25) is 0 Å². The van der Waals surface area contributed by atoms with Crippen molar-refractivity contribution in [2.45, 2.75) is 25.8 Å². The lowest BCUT2D eigenvalue weighted by Crippen LogP contribution is -2.35. The maximum atomic E-state index is 9.47. The Morgan fingerprint density at radius 3 is 2.45 bits per heavy atom. The van der Waals surface area contributed by atoms with E-state index in [2.05, 4.69) is 6.08 Å². The maximum absolute atomic E-state index is 9.47. The standard InChI is InChI=1S/C8H14O2Si/c1-11(9,10)8-5-6-2-3-7(8)4-6/h5-7,9-10H,2-4H2,1H3. The summed E-state index contributed by atoms with van der Waals surface area (Å²) in [5.74, 6) is 1.19. The van der Waals surface area contributed by atoms with Crippen molar-refractivity contribution < 1.29 is 9.59 Å². The first kappa shape index (κ1) is 7.52. The van der Waals surface area contributed by atoms with Crippen LogP contribution in [0.1, 0.15) is 19.3 Å². The van der Waals surface area contributed by atoms with E-state index in [0.29, 0.717) is 11.8 Å². The Balaban J connectivity index is 2.23. The van der Waals surface area contributed by atoms with Gasteiger partial charge in [0.05, 0.1) is 0 Å². The van der Waals surface area contributed by atoms with Crippen LogP contribution in [0.15, 0.2) is 11.3 Å². The van der Waals surface area contributed by atoms with Gasteiger partial charge in [0.25, 0.3) is 0 Å². The molecule has 3 heteroatoms. The molecule has 2 nitrogen and oxygen atoms in total. The monoisotopic (exact) mass is 170 g/mol. The molecule has 0 aromatic heterocycles. The van der Waals surface area contributed by atoms with Gasteiger partial charge in [0, 0.05) is 0 Å². The predicted octanol–water partition coefficient (Wildman–Crippen LogP) is 0.939. The third kappa shape index (κ3) is 1.17. The minimum absolute atomic E-state index is 0.520. The topological polar surface area (TPSA) is 40.5 Å². The van der Waals surface area contributed by atoms with E-state index in [-0.39, 0.29) is 0 Å². The molecule has 2 aliphatic carbocycles. The van der Waals surface area contributed by atoms with Crippen molar-refractivity contribution in [3.8, 4) is 0 Å². The highest BCUT2D eigenvalue weighted by Crippen LogP contribution is 2.45. The van der Waals surface area contributed by atoms with Gasteiger partial charge >= 0.3 is 8.56 Å². The fraction of sp³-hybridized carbons (Fsp3) is 0.750. The van der Waals surface area contributed by atoms with Gasteiger partial charge in [-0.2, -0.15) is 0 Å². The van der Waals surface area contributed by atoms with Crippen LogP contribution in [0.4, 0.5) is 0 Å². The first-order valence-corrected chi connectivity index (χ1v) is 6.64. The lowest BCUT2D eigenvalue weighted by Gasteiger charge is -2.20. The zero-order chi connectivity index (χ0) is 8.06. The van der Waals surface area contributed by atoms with E-state index in [4.69, 9.17) is 0 Å². The van der Waals surface area contributed by atoms with Gasteiger partial charge in [-0.15, -0.1) is 0 Å². The van der Waals surface area contributed by atoms with E-state index in [1.807, 2.05) is 0 Å². The van der Waals surface area contributed by atoms with Crippen LogP contribution in [0.2, 0.25) is 6.55 Å². The minimum Gasteiger partial charge on any atom is -0.408 e. The number of fused-ring (bicyclic) bond motifs is 2. The van der Waals surface area contributed by atoms with Crippen LogP contribution < -0.4 is 0 Å². The molecular formula is C8H14O2Si. The number of allylic oxidation sites excluding steroid dienone is 2. The van der Waals surface area contributed by atoms with E-state index < -0.39 is 8.56 Å². The van der Waals surface area contributed by atoms with Crippen LogP contribution in [-0.4, -0.2) is 18.2 Å². The van der Waals surface area contributed by atoms with Crippen molar-refractivity contribution in [3.63, 3.8) is 0 Å². The molecule has 1 fully saturated rings. The molecule has 1 saturated carbocycles. The first-order valence-electron chi connectivity index (χ1n) is 4.24. The Hall–Kier alpha value is -0.123. The second-order valence-corrected chi connectivity index (χ2v) is 6.53. The van der Waals surface area contributed by atoms with Crippen molar-refractivity contribution in [3.05, 3.63) is 11.3 Å². The smallest absolute Gasteiger partial charge is 0.359 e. The number of hydrogen-bond acceptors (Lipinski definition) is 2. The summed E-state index contributed by atoms with van der Waals surface area (Å²) in [6.07, 6.45) is 5.73. The fourth-order valence-corrected chi connectivity index (χ4v) is 3.97. The molecule has 2 unspecified atom stereocenters. The minimum atomic E-state index is -2.92. The van der Waals surface area contributed by atoms with Crippen molar-refractivity contribution >= 4 is 8.56 Å². The number of rotatable bonds is 1. The first-order chi connectivity index (χ1) is 5.07. The molecule has 0 radical (unpaired) electrons. The lowest BCUT2D eigenvalue weighted by atomic mass is 10.1. The number of hydrogen-bond donors (Lipinski definition) is 2. The Kier molecular flexibility index (Phi) is 1.49. The fourth-order valence-electron chi connectivity index (χ4n) is 2.38. The van der Waals surface area contributed by atoms with Gasteiger partial charge in [0.2, 0.25) is 0 Å². The summed E-state index contributed by atoms with van der Waals surface area (Å²) in [5.41, 5.74) is 0. The van der Waals surface area contributed by atoms with Gasteiger partial charge in [-0.1, -0.05) is 6.08 Å². The van der Waals surface area contributed by atoms with E-state index in [1.54, 1.807) is 6.55 Å². The summed E-state index contributed by atoms with van der Waals surface area (Å²) in [6.45, 7) is 1.60. The second kappa shape index (κ2) is 2.18. The van der Waals surface area contributed by atoms with Crippen molar-refractivity contribution in [1.29, 1.82) is 0 Å². The zero-order valence-electron chi connectivity index (χ0n) is 6.75. The van der Waals surface area contributed by atoms with Gasteiger partial charge in [0.15, 0.2) is 0 Å². The molecule has 0 aliphatic heterocycles. The summed E-state index contributed by atoms with van der Waals surface area (Å²) in [7, 11) is -2.92. The average molecular weight is 170 g/mol. The highest BCUT2D eigenvalue weighted by molar-refractivity contribution is 6.71.